The van der Waals surface area contributed by atoms with E-state index < -0.39 is 0 Å². The lowest BCUT2D eigenvalue weighted by atomic mass is 10.0. The Kier molecular flexibility index (Phi) is 5.95. The summed E-state index contributed by atoms with van der Waals surface area (Å²) < 4.78 is 5.32. The number of rotatable bonds is 4. The van der Waals surface area contributed by atoms with Gasteiger partial charge in [-0.3, -0.25) is 4.98 Å². The Bertz CT molecular complexity index is 2640. The Morgan fingerprint density at radius 3 is 1.47 bits per heavy atom. The van der Waals surface area contributed by atoms with Gasteiger partial charge < -0.3 is 4.90 Å². The van der Waals surface area contributed by atoms with Gasteiger partial charge in [0, 0.05) is 69.2 Å². The highest BCUT2D eigenvalue weighted by Crippen LogP contribution is 2.42. The van der Waals surface area contributed by atoms with Crippen molar-refractivity contribution in [2.24, 2.45) is 0 Å². The average Bonchev–Trinajstić information content (AvgIpc) is 3.67. The SMILES string of the molecule is c1ccc(-c2ccc(N(c3ccc4cc5sc6ccccc6c5cc4c3)c3ccc4cc5sc6ccccc6c5cc4c3)cc2)nc1. The number of hydrogen-bond acceptors (Lipinski definition) is 4. The van der Waals surface area contributed by atoms with E-state index >= 15 is 0 Å². The molecule has 3 aromatic heterocycles. The van der Waals surface area contributed by atoms with Crippen molar-refractivity contribution in [2.45, 2.75) is 0 Å². The van der Waals surface area contributed by atoms with E-state index in [9.17, 15) is 0 Å². The van der Waals surface area contributed by atoms with E-state index in [1.54, 1.807) is 0 Å². The fourth-order valence-electron chi connectivity index (χ4n) is 6.95. The first-order chi connectivity index (χ1) is 23.2. The van der Waals surface area contributed by atoms with Gasteiger partial charge in [0.15, 0.2) is 0 Å². The number of pyridine rings is 1. The summed E-state index contributed by atoms with van der Waals surface area (Å²) in [5.41, 5.74) is 5.44. The molecule has 0 N–H and O–H groups in total. The van der Waals surface area contributed by atoms with Crippen molar-refractivity contribution in [3.63, 3.8) is 0 Å². The van der Waals surface area contributed by atoms with Gasteiger partial charge in [-0.25, -0.2) is 0 Å². The first kappa shape index (κ1) is 26.6. The minimum absolute atomic E-state index is 0.973. The van der Waals surface area contributed by atoms with Gasteiger partial charge in [-0.2, -0.15) is 0 Å². The van der Waals surface area contributed by atoms with E-state index in [4.69, 9.17) is 0 Å². The van der Waals surface area contributed by atoms with Crippen LogP contribution in [0.5, 0.6) is 0 Å². The number of benzene rings is 7. The number of fused-ring (bicyclic) bond motifs is 8. The fraction of sp³-hybridized carbons (Fsp3) is 0. The predicted octanol–water partition coefficient (Wildman–Crippen LogP) is 13.3. The molecule has 0 fully saturated rings. The molecule has 0 unspecified atom stereocenters. The van der Waals surface area contributed by atoms with E-state index in [1.165, 1.54) is 61.9 Å². The average molecular weight is 635 g/mol. The highest BCUT2D eigenvalue weighted by atomic mass is 32.1. The molecule has 220 valence electrons. The van der Waals surface area contributed by atoms with Crippen molar-refractivity contribution >= 4 is 102 Å². The van der Waals surface area contributed by atoms with Crippen molar-refractivity contribution < 1.29 is 0 Å². The van der Waals surface area contributed by atoms with E-state index in [2.05, 4.69) is 149 Å². The number of hydrogen-bond donors (Lipinski definition) is 0. The van der Waals surface area contributed by atoms with Gasteiger partial charge in [0.25, 0.3) is 0 Å². The maximum Gasteiger partial charge on any atom is 0.0701 e. The smallest absolute Gasteiger partial charge is 0.0701 e. The zero-order valence-electron chi connectivity index (χ0n) is 25.2. The normalized spacial score (nSPS) is 11.8. The minimum Gasteiger partial charge on any atom is -0.310 e. The van der Waals surface area contributed by atoms with Crippen molar-refractivity contribution in [3.8, 4) is 11.3 Å². The van der Waals surface area contributed by atoms with Crippen LogP contribution in [0.2, 0.25) is 0 Å². The predicted molar refractivity (Wildman–Crippen MR) is 205 cm³/mol. The summed E-state index contributed by atoms with van der Waals surface area (Å²) in [6.07, 6.45) is 1.85. The van der Waals surface area contributed by atoms with Gasteiger partial charge >= 0.3 is 0 Å². The molecule has 3 heterocycles. The maximum atomic E-state index is 4.58. The summed E-state index contributed by atoms with van der Waals surface area (Å²) in [5, 5.41) is 10.3. The summed E-state index contributed by atoms with van der Waals surface area (Å²) in [4.78, 5) is 6.96. The standard InChI is InChI=1S/C43H26N2S2/c1-3-10-40-35(7-1)37-23-30-21-33(18-14-28(30)25-42(37)46-40)45(32-16-12-27(13-17-32)39-9-5-6-20-44-39)34-19-15-29-26-43-38(24-31(29)22-34)36-8-2-4-11-41(36)47-43/h1-26H. The van der Waals surface area contributed by atoms with Crippen LogP contribution in [0.3, 0.4) is 0 Å². The molecule has 0 aliphatic rings. The van der Waals surface area contributed by atoms with Gasteiger partial charge in [-0.05, 0) is 106 Å². The first-order valence-corrected chi connectivity index (χ1v) is 17.4. The minimum atomic E-state index is 0.973. The molecule has 0 bridgehead atoms. The van der Waals surface area contributed by atoms with Crippen molar-refractivity contribution in [2.75, 3.05) is 4.90 Å². The van der Waals surface area contributed by atoms with Crippen LogP contribution in [-0.4, -0.2) is 4.98 Å². The van der Waals surface area contributed by atoms with Crippen LogP contribution < -0.4 is 4.90 Å². The third-order valence-electron chi connectivity index (χ3n) is 9.24. The second-order valence-electron chi connectivity index (χ2n) is 12.1. The summed E-state index contributed by atoms with van der Waals surface area (Å²) in [5.74, 6) is 0. The maximum absolute atomic E-state index is 4.58. The molecular formula is C43H26N2S2. The molecule has 0 radical (unpaired) electrons. The second-order valence-corrected chi connectivity index (χ2v) is 14.2. The Morgan fingerprint density at radius 1 is 0.383 bits per heavy atom. The molecule has 0 spiro atoms. The molecule has 0 aliphatic carbocycles. The number of anilines is 3. The third-order valence-corrected chi connectivity index (χ3v) is 11.5. The largest absolute Gasteiger partial charge is 0.310 e. The first-order valence-electron chi connectivity index (χ1n) is 15.8. The second kappa shape index (κ2) is 10.5. The lowest BCUT2D eigenvalue weighted by Crippen LogP contribution is -2.10. The van der Waals surface area contributed by atoms with Crippen molar-refractivity contribution in [1.82, 2.24) is 4.98 Å². The molecule has 0 amide bonds. The van der Waals surface area contributed by atoms with Gasteiger partial charge in [0.2, 0.25) is 0 Å². The Balaban J connectivity index is 1.16. The molecule has 0 aliphatic heterocycles. The lowest BCUT2D eigenvalue weighted by molar-refractivity contribution is 1.29. The quantitative estimate of drug-likeness (QED) is 0.191. The molecular weight excluding hydrogens is 609 g/mol. The van der Waals surface area contributed by atoms with Gasteiger partial charge in [0.1, 0.15) is 0 Å². The van der Waals surface area contributed by atoms with E-state index in [0.717, 1.165) is 28.3 Å². The van der Waals surface area contributed by atoms with Crippen LogP contribution in [0.25, 0.3) is 73.1 Å². The van der Waals surface area contributed by atoms with Crippen LogP contribution in [0.4, 0.5) is 17.1 Å². The molecule has 7 aromatic carbocycles. The summed E-state index contributed by atoms with van der Waals surface area (Å²) >= 11 is 3.74. The van der Waals surface area contributed by atoms with Crippen molar-refractivity contribution in [1.29, 1.82) is 0 Å². The fourth-order valence-corrected chi connectivity index (χ4v) is 9.22. The number of thiophene rings is 2. The van der Waals surface area contributed by atoms with Crippen LogP contribution in [-0.2, 0) is 0 Å². The molecule has 47 heavy (non-hydrogen) atoms. The third kappa shape index (κ3) is 4.41. The zero-order valence-corrected chi connectivity index (χ0v) is 26.9. The topological polar surface area (TPSA) is 16.1 Å². The summed E-state index contributed by atoms with van der Waals surface area (Å²) in [6.45, 7) is 0. The Morgan fingerprint density at radius 2 is 0.915 bits per heavy atom. The Hall–Kier alpha value is -5.55. The van der Waals surface area contributed by atoms with E-state index in [0.29, 0.717) is 0 Å². The van der Waals surface area contributed by atoms with Crippen LogP contribution >= 0.6 is 22.7 Å². The van der Waals surface area contributed by atoms with E-state index in [1.807, 2.05) is 41.0 Å². The summed E-state index contributed by atoms with van der Waals surface area (Å²) in [7, 11) is 0. The molecule has 10 aromatic rings. The molecule has 10 rings (SSSR count). The van der Waals surface area contributed by atoms with Gasteiger partial charge in [0.05, 0.1) is 5.69 Å². The van der Waals surface area contributed by atoms with Gasteiger partial charge in [-0.15, -0.1) is 22.7 Å². The number of nitrogens with zero attached hydrogens (tertiary/aromatic N) is 2. The lowest BCUT2D eigenvalue weighted by Gasteiger charge is -2.26. The number of aromatic nitrogens is 1. The van der Waals surface area contributed by atoms with Crippen LogP contribution in [0, 0.1) is 0 Å². The van der Waals surface area contributed by atoms with Crippen LogP contribution in [0.1, 0.15) is 0 Å². The molecule has 0 saturated heterocycles. The van der Waals surface area contributed by atoms with E-state index in [-0.39, 0.29) is 0 Å². The Labute approximate surface area is 279 Å². The van der Waals surface area contributed by atoms with Crippen molar-refractivity contribution in [3.05, 3.63) is 158 Å². The van der Waals surface area contributed by atoms with Gasteiger partial charge in [-0.1, -0.05) is 66.7 Å². The molecule has 0 saturated carbocycles. The zero-order chi connectivity index (χ0) is 30.9. The van der Waals surface area contributed by atoms with Crippen LogP contribution in [0.15, 0.2) is 158 Å². The molecule has 0 atom stereocenters. The monoisotopic (exact) mass is 634 g/mol. The molecule has 4 heteroatoms. The molecule has 2 nitrogen and oxygen atoms in total. The highest BCUT2D eigenvalue weighted by Gasteiger charge is 2.16. The summed E-state index contributed by atoms with van der Waals surface area (Å²) in [6, 6.07) is 55.4. The highest BCUT2D eigenvalue weighted by molar-refractivity contribution is 7.26.